The molecule has 0 fully saturated rings. The van der Waals surface area contributed by atoms with Gasteiger partial charge in [0.05, 0.1) is 24.5 Å². The molecule has 0 aliphatic rings. The van der Waals surface area contributed by atoms with Crippen LogP contribution >= 0.6 is 0 Å². The molecule has 21 heavy (non-hydrogen) atoms. The molecule has 110 valence electrons. The third-order valence-electron chi connectivity index (χ3n) is 3.01. The minimum atomic E-state index is -1.39. The Morgan fingerprint density at radius 1 is 1.10 bits per heavy atom. The minimum Gasteiger partial charge on any atom is -0.469 e. The predicted molar refractivity (Wildman–Crippen MR) is 81.8 cm³/mol. The number of carbonyl (C=O) groups is 1. The molecule has 2 atom stereocenters. The monoisotopic (exact) mass is 303 g/mol. The number of methoxy groups -OCH3 is 1. The summed E-state index contributed by atoms with van der Waals surface area (Å²) in [6.45, 7) is 0. The molecule has 0 radical (unpaired) electrons. The van der Waals surface area contributed by atoms with E-state index in [1.165, 1.54) is 7.11 Å². The lowest BCUT2D eigenvalue weighted by Gasteiger charge is -2.17. The number of hydrogen-bond donors (Lipinski definition) is 1. The van der Waals surface area contributed by atoms with E-state index in [4.69, 9.17) is 4.74 Å². The Kier molecular flexibility index (Phi) is 5.66. The fraction of sp³-hybridized carbons (Fsp3) is 0.188. The van der Waals surface area contributed by atoms with Gasteiger partial charge in [-0.2, -0.15) is 0 Å². The van der Waals surface area contributed by atoms with Crippen LogP contribution in [0, 0.1) is 0 Å². The van der Waals surface area contributed by atoms with Crippen LogP contribution in [0.15, 0.2) is 65.6 Å². The zero-order chi connectivity index (χ0) is 15.1. The average molecular weight is 303 g/mol. The maximum Gasteiger partial charge on any atom is 0.307 e. The zero-order valence-electron chi connectivity index (χ0n) is 11.7. The summed E-state index contributed by atoms with van der Waals surface area (Å²) in [5.74, 6) is -0.346. The quantitative estimate of drug-likeness (QED) is 0.835. The van der Waals surface area contributed by atoms with Gasteiger partial charge >= 0.3 is 5.97 Å². The molecule has 0 amide bonds. The summed E-state index contributed by atoms with van der Waals surface area (Å²) in [6, 6.07) is 18.2. The van der Waals surface area contributed by atoms with Gasteiger partial charge in [0.15, 0.2) is 0 Å². The average Bonchev–Trinajstić information content (AvgIpc) is 2.55. The molecule has 0 bridgehead atoms. The van der Waals surface area contributed by atoms with E-state index in [0.29, 0.717) is 4.90 Å². The molecule has 2 aromatic carbocycles. The summed E-state index contributed by atoms with van der Waals surface area (Å²) in [6.07, 6.45) is 0.124. The SMILES string of the molecule is COC(=O)C[C@@H](N[S@](=O)c1ccccc1)c1ccccc1. The van der Waals surface area contributed by atoms with Gasteiger partial charge in [-0.05, 0) is 17.7 Å². The molecule has 2 aromatic rings. The third-order valence-corrected chi connectivity index (χ3v) is 4.21. The van der Waals surface area contributed by atoms with Crippen LogP contribution in [0.2, 0.25) is 0 Å². The van der Waals surface area contributed by atoms with E-state index in [9.17, 15) is 9.00 Å². The second-order valence-electron chi connectivity index (χ2n) is 4.44. The summed E-state index contributed by atoms with van der Waals surface area (Å²) >= 11 is 0. The summed E-state index contributed by atoms with van der Waals surface area (Å²) < 4.78 is 20.0. The molecule has 0 aliphatic heterocycles. The zero-order valence-corrected chi connectivity index (χ0v) is 12.5. The van der Waals surface area contributed by atoms with Gasteiger partial charge in [-0.25, -0.2) is 8.93 Å². The van der Waals surface area contributed by atoms with E-state index in [1.54, 1.807) is 12.1 Å². The van der Waals surface area contributed by atoms with Crippen LogP contribution in [0.25, 0.3) is 0 Å². The van der Waals surface area contributed by atoms with E-state index in [0.717, 1.165) is 5.56 Å². The Balaban J connectivity index is 2.16. The molecule has 0 unspecified atom stereocenters. The van der Waals surface area contributed by atoms with Crippen LogP contribution in [-0.2, 0) is 20.5 Å². The third kappa shape index (κ3) is 4.51. The molecular formula is C16H17NO3S. The van der Waals surface area contributed by atoms with Gasteiger partial charge in [-0.3, -0.25) is 4.79 Å². The van der Waals surface area contributed by atoms with Crippen LogP contribution in [0.1, 0.15) is 18.0 Å². The van der Waals surface area contributed by atoms with E-state index >= 15 is 0 Å². The van der Waals surface area contributed by atoms with E-state index < -0.39 is 11.0 Å². The first kappa shape index (κ1) is 15.4. The highest BCUT2D eigenvalue weighted by Gasteiger charge is 2.19. The fourth-order valence-corrected chi connectivity index (χ4v) is 2.92. The second-order valence-corrected chi connectivity index (χ2v) is 5.69. The number of rotatable bonds is 6. The molecule has 4 nitrogen and oxygen atoms in total. The van der Waals surface area contributed by atoms with Gasteiger partial charge in [0.1, 0.15) is 11.0 Å². The first-order chi connectivity index (χ1) is 10.2. The number of hydrogen-bond acceptors (Lipinski definition) is 3. The summed E-state index contributed by atoms with van der Waals surface area (Å²) in [5, 5.41) is 0. The van der Waals surface area contributed by atoms with Crippen LogP contribution in [0.4, 0.5) is 0 Å². The van der Waals surface area contributed by atoms with E-state index in [1.807, 2.05) is 48.5 Å². The van der Waals surface area contributed by atoms with Crippen LogP contribution in [-0.4, -0.2) is 17.3 Å². The molecule has 0 saturated carbocycles. The first-order valence-electron chi connectivity index (χ1n) is 6.55. The van der Waals surface area contributed by atoms with Crippen molar-refractivity contribution in [3.63, 3.8) is 0 Å². The first-order valence-corrected chi connectivity index (χ1v) is 7.70. The highest BCUT2D eigenvalue weighted by molar-refractivity contribution is 7.83. The minimum absolute atomic E-state index is 0.124. The molecule has 0 spiro atoms. The molecular weight excluding hydrogens is 286 g/mol. The van der Waals surface area contributed by atoms with Crippen LogP contribution < -0.4 is 4.72 Å². The lowest BCUT2D eigenvalue weighted by molar-refractivity contribution is -0.141. The second kappa shape index (κ2) is 7.71. The Morgan fingerprint density at radius 3 is 2.24 bits per heavy atom. The topological polar surface area (TPSA) is 55.4 Å². The fourth-order valence-electron chi connectivity index (χ4n) is 1.90. The number of carbonyl (C=O) groups excluding carboxylic acids is 1. The highest BCUT2D eigenvalue weighted by Crippen LogP contribution is 2.19. The van der Waals surface area contributed by atoms with Gasteiger partial charge in [-0.15, -0.1) is 0 Å². The van der Waals surface area contributed by atoms with Gasteiger partial charge in [0.2, 0.25) is 0 Å². The van der Waals surface area contributed by atoms with Crippen molar-refractivity contribution in [2.24, 2.45) is 0 Å². The van der Waals surface area contributed by atoms with Crippen molar-refractivity contribution in [2.45, 2.75) is 17.4 Å². The van der Waals surface area contributed by atoms with Crippen molar-refractivity contribution in [2.75, 3.05) is 7.11 Å². The molecule has 0 heterocycles. The predicted octanol–water partition coefficient (Wildman–Crippen LogP) is 2.60. The summed E-state index contributed by atoms with van der Waals surface area (Å²) in [5.41, 5.74) is 0.896. The summed E-state index contributed by atoms with van der Waals surface area (Å²) in [4.78, 5) is 12.2. The van der Waals surface area contributed by atoms with Crippen molar-refractivity contribution < 1.29 is 13.7 Å². The highest BCUT2D eigenvalue weighted by atomic mass is 32.2. The Bertz CT molecular complexity index is 601. The smallest absolute Gasteiger partial charge is 0.307 e. The van der Waals surface area contributed by atoms with E-state index in [2.05, 4.69) is 4.72 Å². The van der Waals surface area contributed by atoms with Crippen molar-refractivity contribution in [1.82, 2.24) is 4.72 Å². The lowest BCUT2D eigenvalue weighted by Crippen LogP contribution is -2.26. The van der Waals surface area contributed by atoms with Crippen molar-refractivity contribution in [1.29, 1.82) is 0 Å². The van der Waals surface area contributed by atoms with Gasteiger partial charge < -0.3 is 4.74 Å². The van der Waals surface area contributed by atoms with Crippen molar-refractivity contribution >= 4 is 17.0 Å². The Hall–Kier alpha value is -1.98. The Labute approximate surface area is 126 Å². The summed E-state index contributed by atoms with van der Waals surface area (Å²) in [7, 11) is -0.0444. The van der Waals surface area contributed by atoms with E-state index in [-0.39, 0.29) is 18.4 Å². The normalized spacial score (nSPS) is 13.4. The standard InChI is InChI=1S/C16H17NO3S/c1-20-16(18)12-15(13-8-4-2-5-9-13)17-21(19)14-10-6-3-7-11-14/h2-11,15,17H,12H2,1H3/t15-,21-/m1/s1. The van der Waals surface area contributed by atoms with Crippen LogP contribution in [0.3, 0.4) is 0 Å². The van der Waals surface area contributed by atoms with Gasteiger partial charge in [0.25, 0.3) is 0 Å². The maximum atomic E-state index is 12.3. The van der Waals surface area contributed by atoms with Crippen LogP contribution in [0.5, 0.6) is 0 Å². The molecule has 0 aromatic heterocycles. The number of benzene rings is 2. The molecule has 5 heteroatoms. The van der Waals surface area contributed by atoms with Crippen molar-refractivity contribution in [3.05, 3.63) is 66.2 Å². The largest absolute Gasteiger partial charge is 0.469 e. The molecule has 0 saturated heterocycles. The molecule has 0 aliphatic carbocycles. The van der Waals surface area contributed by atoms with Crippen molar-refractivity contribution in [3.8, 4) is 0 Å². The number of esters is 1. The maximum absolute atomic E-state index is 12.3. The molecule has 2 rings (SSSR count). The Morgan fingerprint density at radius 2 is 1.67 bits per heavy atom. The lowest BCUT2D eigenvalue weighted by atomic mass is 10.1. The van der Waals surface area contributed by atoms with Gasteiger partial charge in [-0.1, -0.05) is 48.5 Å². The number of ether oxygens (including phenoxy) is 1. The van der Waals surface area contributed by atoms with Gasteiger partial charge in [0, 0.05) is 0 Å². The molecule has 1 N–H and O–H groups in total. The number of nitrogens with one attached hydrogen (secondary N) is 1.